The van der Waals surface area contributed by atoms with Crippen molar-refractivity contribution in [2.24, 2.45) is 0 Å². The number of hydrogen-bond acceptors (Lipinski definition) is 6. The smallest absolute Gasteiger partial charge is 0.410 e. The number of ether oxygens (including phenoxy) is 1. The van der Waals surface area contributed by atoms with Crippen molar-refractivity contribution in [2.45, 2.75) is 25.3 Å². The highest BCUT2D eigenvalue weighted by Gasteiger charge is 2.32. The fourth-order valence-electron chi connectivity index (χ4n) is 2.08. The van der Waals surface area contributed by atoms with Crippen molar-refractivity contribution in [1.29, 1.82) is 0 Å². The molecule has 0 spiro atoms. The number of aromatic nitrogens is 2. The van der Waals surface area contributed by atoms with Gasteiger partial charge in [-0.05, 0) is 19.3 Å². The average Bonchev–Trinajstić information content (AvgIpc) is 2.94. The predicted octanol–water partition coefficient (Wildman–Crippen LogP) is 2.09. The Kier molecular flexibility index (Phi) is 4.67. The van der Waals surface area contributed by atoms with Crippen LogP contribution in [0, 0.1) is 0 Å². The number of amides is 1. The Morgan fingerprint density at radius 3 is 2.95 bits per heavy atom. The summed E-state index contributed by atoms with van der Waals surface area (Å²) in [6.45, 7) is 4.22. The molecule has 8 heteroatoms. The lowest BCUT2D eigenvalue weighted by molar-refractivity contribution is 0.0694. The molecule has 0 aliphatic carbocycles. The molecule has 1 aliphatic heterocycles. The van der Waals surface area contributed by atoms with Crippen LogP contribution in [0.5, 0.6) is 0 Å². The van der Waals surface area contributed by atoms with Gasteiger partial charge in [-0.25, -0.2) is 9.59 Å². The second-order valence-corrected chi connectivity index (χ2v) is 5.33. The summed E-state index contributed by atoms with van der Waals surface area (Å²) >= 11 is 1.00. The van der Waals surface area contributed by atoms with E-state index in [2.05, 4.69) is 16.8 Å². The summed E-state index contributed by atoms with van der Waals surface area (Å²) in [5.41, 5.74) is 0. The first-order chi connectivity index (χ1) is 9.63. The van der Waals surface area contributed by atoms with E-state index in [0.29, 0.717) is 11.6 Å². The molecule has 1 saturated heterocycles. The largest absolute Gasteiger partial charge is 0.476 e. The van der Waals surface area contributed by atoms with E-state index in [1.807, 2.05) is 0 Å². The highest BCUT2D eigenvalue weighted by atomic mass is 32.1. The Bertz CT molecular complexity index is 517. The van der Waals surface area contributed by atoms with Gasteiger partial charge < -0.3 is 9.84 Å². The van der Waals surface area contributed by atoms with E-state index < -0.39 is 12.1 Å². The first-order valence-electron chi connectivity index (χ1n) is 6.24. The number of rotatable bonds is 4. The Hall–Kier alpha value is -1.96. The molecule has 1 aromatic heterocycles. The van der Waals surface area contributed by atoms with E-state index in [0.717, 1.165) is 30.6 Å². The quantitative estimate of drug-likeness (QED) is 0.855. The monoisotopic (exact) mass is 297 g/mol. The Morgan fingerprint density at radius 2 is 2.30 bits per heavy atom. The van der Waals surface area contributed by atoms with Crippen LogP contribution < -0.4 is 0 Å². The normalized spacial score (nSPS) is 18.6. The molecule has 0 aromatic carbocycles. The van der Waals surface area contributed by atoms with Crippen molar-refractivity contribution in [3.63, 3.8) is 0 Å². The van der Waals surface area contributed by atoms with Crippen LogP contribution in [0.15, 0.2) is 12.7 Å². The minimum absolute atomic E-state index is 0.0648. The number of piperidine rings is 1. The maximum absolute atomic E-state index is 12.0. The zero-order valence-electron chi connectivity index (χ0n) is 10.8. The molecule has 20 heavy (non-hydrogen) atoms. The molecule has 2 heterocycles. The van der Waals surface area contributed by atoms with Gasteiger partial charge in [0, 0.05) is 6.54 Å². The van der Waals surface area contributed by atoms with E-state index in [1.54, 1.807) is 4.90 Å². The van der Waals surface area contributed by atoms with Crippen LogP contribution in [0.2, 0.25) is 0 Å². The summed E-state index contributed by atoms with van der Waals surface area (Å²) in [5.74, 6) is -1.11. The number of aromatic carboxylic acids is 1. The average molecular weight is 297 g/mol. The lowest BCUT2D eigenvalue weighted by Crippen LogP contribution is -2.38. The minimum atomic E-state index is -1.11. The third kappa shape index (κ3) is 3.13. The van der Waals surface area contributed by atoms with Crippen LogP contribution in [0.3, 0.4) is 0 Å². The van der Waals surface area contributed by atoms with Gasteiger partial charge in [0.25, 0.3) is 0 Å². The predicted molar refractivity (Wildman–Crippen MR) is 71.7 cm³/mol. The van der Waals surface area contributed by atoms with Crippen molar-refractivity contribution >= 4 is 23.4 Å². The Labute approximate surface area is 119 Å². The van der Waals surface area contributed by atoms with Crippen molar-refractivity contribution < 1.29 is 19.4 Å². The van der Waals surface area contributed by atoms with Gasteiger partial charge in [-0.2, -0.15) is 0 Å². The molecule has 1 aliphatic rings. The van der Waals surface area contributed by atoms with E-state index in [1.165, 1.54) is 6.08 Å². The molecular formula is C12H15N3O4S. The molecule has 1 unspecified atom stereocenters. The third-order valence-corrected chi connectivity index (χ3v) is 3.98. The van der Waals surface area contributed by atoms with Crippen LogP contribution in [0.4, 0.5) is 4.79 Å². The second-order valence-electron chi connectivity index (χ2n) is 4.32. The summed E-state index contributed by atoms with van der Waals surface area (Å²) < 4.78 is 5.05. The lowest BCUT2D eigenvalue weighted by atomic mass is 10.0. The zero-order valence-corrected chi connectivity index (χ0v) is 11.6. The molecule has 1 aromatic rings. The Balaban J connectivity index is 2.15. The number of carbonyl (C=O) groups excluding carboxylic acids is 1. The molecule has 108 valence electrons. The van der Waals surface area contributed by atoms with Crippen LogP contribution in [0.25, 0.3) is 0 Å². The fourth-order valence-corrected chi connectivity index (χ4v) is 2.91. The van der Waals surface area contributed by atoms with E-state index >= 15 is 0 Å². The van der Waals surface area contributed by atoms with Gasteiger partial charge in [0.05, 0.1) is 6.04 Å². The van der Waals surface area contributed by atoms with Gasteiger partial charge >= 0.3 is 12.1 Å². The van der Waals surface area contributed by atoms with Crippen LogP contribution in [-0.2, 0) is 4.74 Å². The number of carbonyl (C=O) groups is 2. The van der Waals surface area contributed by atoms with E-state index in [4.69, 9.17) is 9.84 Å². The highest BCUT2D eigenvalue weighted by molar-refractivity contribution is 7.13. The summed E-state index contributed by atoms with van der Waals surface area (Å²) in [4.78, 5) is 24.4. The first-order valence-corrected chi connectivity index (χ1v) is 7.06. The molecule has 0 bridgehead atoms. The zero-order chi connectivity index (χ0) is 14.5. The molecule has 1 N–H and O–H groups in total. The number of nitrogens with zero attached hydrogens (tertiary/aromatic N) is 3. The van der Waals surface area contributed by atoms with Crippen LogP contribution in [0.1, 0.15) is 40.1 Å². The minimum Gasteiger partial charge on any atom is -0.476 e. The summed E-state index contributed by atoms with van der Waals surface area (Å²) in [7, 11) is 0. The summed E-state index contributed by atoms with van der Waals surface area (Å²) in [5, 5.41) is 16.9. The van der Waals surface area contributed by atoms with Crippen molar-refractivity contribution in [3.8, 4) is 0 Å². The molecule has 0 radical (unpaired) electrons. The molecule has 1 fully saturated rings. The van der Waals surface area contributed by atoms with Crippen molar-refractivity contribution in [1.82, 2.24) is 15.1 Å². The maximum Gasteiger partial charge on any atom is 0.410 e. The molecular weight excluding hydrogens is 282 g/mol. The fraction of sp³-hybridized carbons (Fsp3) is 0.500. The topological polar surface area (TPSA) is 92.6 Å². The lowest BCUT2D eigenvalue weighted by Gasteiger charge is -2.33. The first kappa shape index (κ1) is 14.4. The number of carboxylic acids is 1. The Morgan fingerprint density at radius 1 is 1.50 bits per heavy atom. The van der Waals surface area contributed by atoms with E-state index in [9.17, 15) is 9.59 Å². The standard InChI is InChI=1S/C12H15N3O4S/c1-2-7-19-12(18)15-6-4-3-5-8(15)9-13-14-10(20-9)11(16)17/h2,8H,1,3-7H2,(H,16,17). The van der Waals surface area contributed by atoms with Crippen LogP contribution >= 0.6 is 11.3 Å². The number of hydrogen-bond donors (Lipinski definition) is 1. The molecule has 1 atom stereocenters. The van der Waals surface area contributed by atoms with Gasteiger partial charge in [0.1, 0.15) is 11.6 Å². The van der Waals surface area contributed by atoms with Gasteiger partial charge in [0.15, 0.2) is 0 Å². The van der Waals surface area contributed by atoms with Gasteiger partial charge in [-0.3, -0.25) is 4.90 Å². The third-order valence-electron chi connectivity index (χ3n) is 2.97. The highest BCUT2D eigenvalue weighted by Crippen LogP contribution is 2.33. The van der Waals surface area contributed by atoms with Crippen molar-refractivity contribution in [2.75, 3.05) is 13.2 Å². The summed E-state index contributed by atoms with van der Waals surface area (Å²) in [6.07, 6.45) is 3.66. The van der Waals surface area contributed by atoms with Gasteiger partial charge in [-0.1, -0.05) is 24.0 Å². The number of carboxylic acid groups (broad SMARTS) is 1. The number of likely N-dealkylation sites (tertiary alicyclic amines) is 1. The second kappa shape index (κ2) is 6.47. The maximum atomic E-state index is 12.0. The van der Waals surface area contributed by atoms with Crippen molar-refractivity contribution in [3.05, 3.63) is 22.7 Å². The summed E-state index contributed by atoms with van der Waals surface area (Å²) in [6, 6.07) is -0.258. The SMILES string of the molecule is C=CCOC(=O)N1CCCCC1c1nnc(C(=O)O)s1. The van der Waals surface area contributed by atoms with Gasteiger partial charge in [0.2, 0.25) is 5.01 Å². The van der Waals surface area contributed by atoms with Gasteiger partial charge in [-0.15, -0.1) is 10.2 Å². The molecule has 1 amide bonds. The molecule has 7 nitrogen and oxygen atoms in total. The molecule has 2 rings (SSSR count). The van der Waals surface area contributed by atoms with E-state index in [-0.39, 0.29) is 17.7 Å². The molecule has 0 saturated carbocycles. The van der Waals surface area contributed by atoms with Crippen LogP contribution in [-0.4, -0.2) is 45.4 Å².